The summed E-state index contributed by atoms with van der Waals surface area (Å²) in [7, 11) is 0. The topological polar surface area (TPSA) is 95.2 Å². The van der Waals surface area contributed by atoms with Crippen molar-refractivity contribution in [1.29, 1.82) is 0 Å². The maximum Gasteiger partial charge on any atom is 0.163 e. The molecule has 0 bridgehead atoms. The van der Waals surface area contributed by atoms with Crippen molar-refractivity contribution in [3.63, 3.8) is 0 Å². The molecule has 0 saturated heterocycles. The Bertz CT molecular complexity index is 3320. The quantitative estimate of drug-likeness (QED) is 0.151. The van der Waals surface area contributed by atoms with E-state index in [1.807, 2.05) is 86.6 Å². The zero-order valence-corrected chi connectivity index (χ0v) is 34.6. The Balaban J connectivity index is 1.21. The van der Waals surface area contributed by atoms with Gasteiger partial charge in [0, 0.05) is 49.7 Å². The summed E-state index contributed by atoms with van der Waals surface area (Å²) in [6.45, 7) is 3.81. The molecule has 4 heterocycles. The fourth-order valence-electron chi connectivity index (χ4n) is 8.34. The van der Waals surface area contributed by atoms with E-state index in [2.05, 4.69) is 131 Å². The van der Waals surface area contributed by atoms with Crippen LogP contribution in [0, 0.1) is 13.8 Å². The van der Waals surface area contributed by atoms with E-state index in [1.54, 1.807) is 0 Å². The number of aryl methyl sites for hydroxylation is 2. The van der Waals surface area contributed by atoms with Crippen LogP contribution in [0.25, 0.3) is 107 Å². The summed E-state index contributed by atoms with van der Waals surface area (Å²) in [4.78, 5) is 34.9. The third-order valence-corrected chi connectivity index (χ3v) is 11.3. The Morgan fingerprint density at radius 3 is 1.33 bits per heavy atom. The molecule has 0 fully saturated rings. The highest BCUT2D eigenvalue weighted by Gasteiger charge is 2.21. The summed E-state index contributed by atoms with van der Waals surface area (Å²) in [5.41, 5.74) is 12.8. The smallest absolute Gasteiger partial charge is 0.163 e. The van der Waals surface area contributed by atoms with Crippen LogP contribution in [0.2, 0.25) is 0 Å². The van der Waals surface area contributed by atoms with Crippen molar-refractivity contribution in [3.05, 3.63) is 206 Å². The van der Waals surface area contributed by atoms with E-state index in [9.17, 15) is 0 Å². The first kappa shape index (κ1) is 37.5. The van der Waals surface area contributed by atoms with Crippen molar-refractivity contribution in [1.82, 2.24) is 39.5 Å². The molecule has 0 saturated carbocycles. The molecule has 63 heavy (non-hydrogen) atoms. The van der Waals surface area contributed by atoms with Crippen LogP contribution in [0.3, 0.4) is 0 Å². The molecule has 11 rings (SSSR count). The molecular formula is C55H38N8. The van der Waals surface area contributed by atoms with Gasteiger partial charge in [-0.1, -0.05) is 158 Å². The maximum absolute atomic E-state index is 5.40. The van der Waals surface area contributed by atoms with Crippen LogP contribution in [-0.4, -0.2) is 39.5 Å². The molecule has 4 aromatic heterocycles. The zero-order valence-electron chi connectivity index (χ0n) is 34.6. The molecule has 0 N–H and O–H groups in total. The third kappa shape index (κ3) is 7.19. The van der Waals surface area contributed by atoms with Gasteiger partial charge in [0.2, 0.25) is 0 Å². The number of fused-ring (bicyclic) bond motifs is 3. The molecule has 0 amide bonds. The van der Waals surface area contributed by atoms with E-state index in [1.165, 1.54) is 0 Å². The Morgan fingerprint density at radius 1 is 0.302 bits per heavy atom. The second kappa shape index (κ2) is 15.8. The first-order chi connectivity index (χ1) is 31.0. The van der Waals surface area contributed by atoms with Crippen molar-refractivity contribution in [2.75, 3.05) is 0 Å². The van der Waals surface area contributed by atoms with Gasteiger partial charge in [0.1, 0.15) is 11.6 Å². The molecule has 7 aromatic carbocycles. The highest BCUT2D eigenvalue weighted by molar-refractivity contribution is 6.10. The highest BCUT2D eigenvalue weighted by Crippen LogP contribution is 2.40. The van der Waals surface area contributed by atoms with Crippen molar-refractivity contribution in [2.45, 2.75) is 13.8 Å². The highest BCUT2D eigenvalue weighted by atomic mass is 15.0. The van der Waals surface area contributed by atoms with Gasteiger partial charge in [-0.05, 0) is 50.2 Å². The van der Waals surface area contributed by atoms with E-state index in [4.69, 9.17) is 29.9 Å². The number of benzene rings is 7. The van der Waals surface area contributed by atoms with Gasteiger partial charge in [-0.3, -0.25) is 0 Å². The van der Waals surface area contributed by atoms with Crippen LogP contribution in [0.5, 0.6) is 0 Å². The minimum Gasteiger partial charge on any atom is -0.309 e. The van der Waals surface area contributed by atoms with Crippen LogP contribution < -0.4 is 0 Å². The van der Waals surface area contributed by atoms with E-state index in [-0.39, 0.29) is 0 Å². The summed E-state index contributed by atoms with van der Waals surface area (Å²) >= 11 is 0. The molecule has 0 atom stereocenters. The predicted octanol–water partition coefficient (Wildman–Crippen LogP) is 12.8. The summed E-state index contributed by atoms with van der Waals surface area (Å²) in [5, 5.41) is 2.24. The largest absolute Gasteiger partial charge is 0.309 e. The second-order valence-corrected chi connectivity index (χ2v) is 15.5. The van der Waals surface area contributed by atoms with Crippen LogP contribution >= 0.6 is 0 Å². The molecule has 11 aromatic rings. The molecule has 0 aliphatic heterocycles. The monoisotopic (exact) mass is 810 g/mol. The lowest BCUT2D eigenvalue weighted by Crippen LogP contribution is -2.02. The number of para-hydroxylation sites is 1. The third-order valence-electron chi connectivity index (χ3n) is 11.3. The van der Waals surface area contributed by atoms with Crippen molar-refractivity contribution < 1.29 is 0 Å². The number of aromatic nitrogens is 8. The van der Waals surface area contributed by atoms with Gasteiger partial charge in [-0.25, -0.2) is 34.9 Å². The normalized spacial score (nSPS) is 11.3. The number of nitrogens with zero attached hydrogens (tertiary/aromatic N) is 8. The molecule has 0 aliphatic carbocycles. The van der Waals surface area contributed by atoms with Crippen LogP contribution in [0.1, 0.15) is 11.6 Å². The minimum atomic E-state index is 0.633. The Kier molecular flexibility index (Phi) is 9.43. The molecular weight excluding hydrogens is 773 g/mol. The Morgan fingerprint density at radius 2 is 0.746 bits per heavy atom. The van der Waals surface area contributed by atoms with E-state index in [0.29, 0.717) is 29.1 Å². The van der Waals surface area contributed by atoms with E-state index in [0.717, 1.165) is 89.2 Å². The van der Waals surface area contributed by atoms with E-state index < -0.39 is 0 Å². The lowest BCUT2D eigenvalue weighted by atomic mass is 9.99. The standard InChI is InChI=1S/C55H38N8/c1-35-56-36(2)58-55(57-35)42-27-29-44-43-25-15-16-26-50(43)63(52(44)32-42)51-30-28-41(48-33-46(37-17-7-3-8-18-37)59-53(61-48)39-21-11-5-12-22-39)31-45(51)49-34-47(38-19-9-4-10-20-38)60-54(62-49)40-23-13-6-14-24-40/h3-34H,1-2H3. The minimum absolute atomic E-state index is 0.633. The summed E-state index contributed by atoms with van der Waals surface area (Å²) in [5.74, 6) is 3.28. The lowest BCUT2D eigenvalue weighted by molar-refractivity contribution is 0.928. The molecule has 8 nitrogen and oxygen atoms in total. The van der Waals surface area contributed by atoms with Crippen LogP contribution in [0.15, 0.2) is 194 Å². The van der Waals surface area contributed by atoms with Gasteiger partial charge in [0.15, 0.2) is 17.5 Å². The summed E-state index contributed by atoms with van der Waals surface area (Å²) in [6, 6.07) is 66.6. The summed E-state index contributed by atoms with van der Waals surface area (Å²) in [6.07, 6.45) is 0. The second-order valence-electron chi connectivity index (χ2n) is 15.5. The molecule has 298 valence electrons. The number of hydrogen-bond donors (Lipinski definition) is 0. The van der Waals surface area contributed by atoms with Gasteiger partial charge in [-0.2, -0.15) is 0 Å². The molecule has 0 aliphatic rings. The first-order valence-electron chi connectivity index (χ1n) is 20.9. The van der Waals surface area contributed by atoms with Crippen molar-refractivity contribution in [3.8, 4) is 84.9 Å². The fourth-order valence-corrected chi connectivity index (χ4v) is 8.34. The average Bonchev–Trinajstić information content (AvgIpc) is 3.68. The van der Waals surface area contributed by atoms with E-state index >= 15 is 0 Å². The molecule has 0 spiro atoms. The Hall–Kier alpha value is -8.49. The van der Waals surface area contributed by atoms with Gasteiger partial charge in [-0.15, -0.1) is 0 Å². The van der Waals surface area contributed by atoms with Gasteiger partial charge < -0.3 is 4.57 Å². The molecule has 0 radical (unpaired) electrons. The van der Waals surface area contributed by atoms with Crippen LogP contribution in [-0.2, 0) is 0 Å². The predicted molar refractivity (Wildman–Crippen MR) is 253 cm³/mol. The summed E-state index contributed by atoms with van der Waals surface area (Å²) < 4.78 is 2.34. The average molecular weight is 811 g/mol. The maximum atomic E-state index is 5.40. The van der Waals surface area contributed by atoms with Crippen molar-refractivity contribution >= 4 is 21.8 Å². The number of rotatable bonds is 8. The van der Waals surface area contributed by atoms with Gasteiger partial charge in [0.05, 0.1) is 39.5 Å². The Labute approximate surface area is 364 Å². The van der Waals surface area contributed by atoms with Gasteiger partial charge in [0.25, 0.3) is 0 Å². The van der Waals surface area contributed by atoms with Crippen LogP contribution in [0.4, 0.5) is 0 Å². The zero-order chi connectivity index (χ0) is 42.3. The first-order valence-corrected chi connectivity index (χ1v) is 20.9. The molecule has 0 unspecified atom stereocenters. The fraction of sp³-hybridized carbons (Fsp3) is 0.0364. The van der Waals surface area contributed by atoms with Gasteiger partial charge >= 0.3 is 0 Å². The molecule has 8 heteroatoms. The SMILES string of the molecule is Cc1nc(C)nc(-c2ccc3c4ccccc4n(-c4ccc(-c5cc(-c6ccccc6)nc(-c6ccccc6)n5)cc4-c4cc(-c5ccccc5)nc(-c5ccccc5)n4)c3c2)n1. The van der Waals surface area contributed by atoms with Crippen molar-refractivity contribution in [2.24, 2.45) is 0 Å². The lowest BCUT2D eigenvalue weighted by Gasteiger charge is -2.17. The number of hydrogen-bond acceptors (Lipinski definition) is 7.